The summed E-state index contributed by atoms with van der Waals surface area (Å²) in [6.45, 7) is 13.5. The molecule has 2 atom stereocenters. The fourth-order valence-corrected chi connectivity index (χ4v) is 7.25. The Kier molecular flexibility index (Phi) is 15.2. The highest BCUT2D eigenvalue weighted by Gasteiger charge is 2.45. The van der Waals surface area contributed by atoms with Gasteiger partial charge in [0, 0.05) is 18.3 Å². The van der Waals surface area contributed by atoms with Gasteiger partial charge in [-0.15, -0.1) is 0 Å². The molecule has 0 aliphatic heterocycles. The number of hydrogen-bond donors (Lipinski definition) is 3. The lowest BCUT2D eigenvalue weighted by Crippen LogP contribution is -2.41. The van der Waals surface area contributed by atoms with Gasteiger partial charge in [0.1, 0.15) is 23.0 Å². The number of rotatable bonds is 2. The second-order valence-corrected chi connectivity index (χ2v) is 13.8. The first-order valence-corrected chi connectivity index (χ1v) is 14.5. The van der Waals surface area contributed by atoms with Gasteiger partial charge in [-0.1, -0.05) is 98.9 Å². The van der Waals surface area contributed by atoms with Crippen LogP contribution in [0.25, 0.3) is 0 Å². The van der Waals surface area contributed by atoms with Gasteiger partial charge < -0.3 is 20.8 Å². The molecule has 2 fully saturated rings. The molecule has 43 heavy (non-hydrogen) atoms. The Bertz CT molecular complexity index is 1170. The van der Waals surface area contributed by atoms with Gasteiger partial charge in [-0.2, -0.15) is 0 Å². The van der Waals surface area contributed by atoms with Gasteiger partial charge in [0.2, 0.25) is 0 Å². The first-order chi connectivity index (χ1) is 18.7. The van der Waals surface area contributed by atoms with Crippen molar-refractivity contribution in [2.45, 2.75) is 100 Å². The molecule has 2 unspecified atom stereocenters. The van der Waals surface area contributed by atoms with Crippen LogP contribution < -0.4 is 0 Å². The minimum absolute atomic E-state index is 0. The second-order valence-electron chi connectivity index (χ2n) is 13.8. The van der Waals surface area contributed by atoms with Gasteiger partial charge in [0.25, 0.3) is 0 Å². The van der Waals surface area contributed by atoms with Gasteiger partial charge in [-0.25, -0.2) is 0 Å². The number of hydrogen-bond acceptors (Lipinski definition) is 4. The zero-order valence-electron chi connectivity index (χ0n) is 25.7. The van der Waals surface area contributed by atoms with Crippen molar-refractivity contribution in [1.29, 1.82) is 0 Å². The molecule has 0 aromatic heterocycles. The molecule has 0 spiro atoms. The van der Waals surface area contributed by atoms with Crippen LogP contribution in [0.15, 0.2) is 78.9 Å². The standard InChI is InChI=1S/C21H26O2.C9H16O.C6H6O.2CH4.H2O/c1-15-12-20(2,3)14-21(13-15,16-4-8-18(22)9-5-16)17-6-10-19(23)11-7-17;1-7-4-8(10)6-9(2,3)5-7;7-6-4-2-1-3-5-6;;;/h4-11,15,22-23H,12-14H2,1-3H3;7H,4-6H2,1-3H3;1-5,7H;2*1H4;1H2. The van der Waals surface area contributed by atoms with E-state index in [4.69, 9.17) is 5.11 Å². The predicted molar refractivity (Wildman–Crippen MR) is 181 cm³/mol. The SMILES string of the molecule is C.C.CC1CC(=O)CC(C)(C)C1.CC1CC(C)(C)CC(c2ccc(O)cc2)(c2ccc(O)cc2)C1.O.Oc1ccccc1. The molecule has 0 amide bonds. The monoisotopic (exact) mass is 594 g/mol. The maximum Gasteiger partial charge on any atom is 0.133 e. The van der Waals surface area contributed by atoms with Crippen molar-refractivity contribution in [3.05, 3.63) is 90.0 Å². The number of phenols is 3. The van der Waals surface area contributed by atoms with E-state index in [-0.39, 0.29) is 36.6 Å². The summed E-state index contributed by atoms with van der Waals surface area (Å²) in [5, 5.41) is 28.0. The number of carbonyl (C=O) groups excluding carboxylic acids is 1. The van der Waals surface area contributed by atoms with Crippen LogP contribution in [0.5, 0.6) is 17.2 Å². The maximum absolute atomic E-state index is 11.1. The summed E-state index contributed by atoms with van der Waals surface area (Å²) >= 11 is 0. The Morgan fingerprint density at radius 3 is 1.37 bits per heavy atom. The largest absolute Gasteiger partial charge is 0.508 e. The van der Waals surface area contributed by atoms with Gasteiger partial charge >= 0.3 is 0 Å². The van der Waals surface area contributed by atoms with E-state index < -0.39 is 0 Å². The van der Waals surface area contributed by atoms with Gasteiger partial charge in [-0.3, -0.25) is 4.79 Å². The van der Waals surface area contributed by atoms with Crippen LogP contribution >= 0.6 is 0 Å². The highest BCUT2D eigenvalue weighted by Crippen LogP contribution is 2.53. The molecular formula is C38H58O5. The van der Waals surface area contributed by atoms with E-state index in [1.165, 1.54) is 24.0 Å². The fourth-order valence-electron chi connectivity index (χ4n) is 7.25. The average Bonchev–Trinajstić information content (AvgIpc) is 2.83. The summed E-state index contributed by atoms with van der Waals surface area (Å²) in [4.78, 5) is 11.1. The van der Waals surface area contributed by atoms with Crippen LogP contribution in [0, 0.1) is 22.7 Å². The van der Waals surface area contributed by atoms with E-state index in [0.717, 1.165) is 25.7 Å². The van der Waals surface area contributed by atoms with E-state index >= 15 is 0 Å². The van der Waals surface area contributed by atoms with Crippen LogP contribution in [0.4, 0.5) is 0 Å². The third-order valence-electron chi connectivity index (χ3n) is 8.13. The lowest BCUT2D eigenvalue weighted by molar-refractivity contribution is -0.124. The molecule has 2 saturated carbocycles. The summed E-state index contributed by atoms with van der Waals surface area (Å²) in [6.07, 6.45) is 6.19. The first-order valence-electron chi connectivity index (χ1n) is 14.5. The zero-order valence-corrected chi connectivity index (χ0v) is 25.7. The smallest absolute Gasteiger partial charge is 0.133 e. The second kappa shape index (κ2) is 16.5. The fraction of sp³-hybridized carbons (Fsp3) is 0.500. The van der Waals surface area contributed by atoms with E-state index in [1.54, 1.807) is 48.5 Å². The molecule has 3 aromatic rings. The van der Waals surface area contributed by atoms with E-state index in [2.05, 4.69) is 65.8 Å². The minimum atomic E-state index is -0.0669. The molecule has 5 nitrogen and oxygen atoms in total. The molecule has 5 N–H and O–H groups in total. The normalized spacial score (nSPS) is 21.0. The summed E-state index contributed by atoms with van der Waals surface area (Å²) < 4.78 is 0. The highest BCUT2D eigenvalue weighted by atomic mass is 16.3. The Morgan fingerprint density at radius 1 is 0.605 bits per heavy atom. The molecule has 0 saturated heterocycles. The molecule has 2 aliphatic rings. The zero-order chi connectivity index (χ0) is 29.6. The third-order valence-corrected chi connectivity index (χ3v) is 8.13. The van der Waals surface area contributed by atoms with Crippen LogP contribution in [-0.4, -0.2) is 26.6 Å². The molecule has 5 heteroatoms. The predicted octanol–water partition coefficient (Wildman–Crippen LogP) is 9.47. The lowest BCUT2D eigenvalue weighted by atomic mass is 9.55. The summed E-state index contributed by atoms with van der Waals surface area (Å²) in [5.74, 6) is 2.61. The number of para-hydroxylation sites is 1. The van der Waals surface area contributed by atoms with Gasteiger partial charge in [-0.05, 0) is 95.9 Å². The minimum Gasteiger partial charge on any atom is -0.508 e. The summed E-state index contributed by atoms with van der Waals surface area (Å²) in [5.41, 5.74) is 2.96. The number of benzene rings is 3. The van der Waals surface area contributed by atoms with Crippen molar-refractivity contribution in [2.24, 2.45) is 22.7 Å². The number of aromatic hydroxyl groups is 3. The van der Waals surface area contributed by atoms with Crippen molar-refractivity contribution >= 4 is 5.78 Å². The van der Waals surface area contributed by atoms with E-state index in [9.17, 15) is 15.0 Å². The van der Waals surface area contributed by atoms with Crippen LogP contribution in [0.1, 0.15) is 106 Å². The third kappa shape index (κ3) is 11.7. The quantitative estimate of drug-likeness (QED) is 0.274. The molecule has 2 aliphatic carbocycles. The van der Waals surface area contributed by atoms with Crippen LogP contribution in [0.3, 0.4) is 0 Å². The highest BCUT2D eigenvalue weighted by molar-refractivity contribution is 5.80. The van der Waals surface area contributed by atoms with Gasteiger partial charge in [0.05, 0.1) is 0 Å². The summed E-state index contributed by atoms with van der Waals surface area (Å²) in [7, 11) is 0. The molecule has 5 rings (SSSR count). The van der Waals surface area contributed by atoms with Crippen molar-refractivity contribution in [1.82, 2.24) is 0 Å². The Labute approximate surface area is 261 Å². The molecule has 0 heterocycles. The molecule has 240 valence electrons. The Morgan fingerprint density at radius 2 is 1.02 bits per heavy atom. The number of phenolic OH excluding ortho intramolecular Hbond substituents is 3. The van der Waals surface area contributed by atoms with E-state index in [0.29, 0.717) is 34.9 Å². The number of ketones is 1. The average molecular weight is 595 g/mol. The van der Waals surface area contributed by atoms with Crippen molar-refractivity contribution in [3.63, 3.8) is 0 Å². The Hall–Kier alpha value is -3.31. The van der Waals surface area contributed by atoms with Gasteiger partial charge in [0.15, 0.2) is 0 Å². The van der Waals surface area contributed by atoms with Crippen LogP contribution in [-0.2, 0) is 10.2 Å². The number of carbonyl (C=O) groups is 1. The van der Waals surface area contributed by atoms with Crippen molar-refractivity contribution in [2.75, 3.05) is 0 Å². The van der Waals surface area contributed by atoms with Crippen LogP contribution in [0.2, 0.25) is 0 Å². The van der Waals surface area contributed by atoms with Crippen molar-refractivity contribution in [3.8, 4) is 17.2 Å². The first kappa shape index (κ1) is 39.7. The lowest BCUT2D eigenvalue weighted by Gasteiger charge is -2.48. The molecule has 0 radical (unpaired) electrons. The molecule has 0 bridgehead atoms. The Balaban J connectivity index is 0.000000734. The van der Waals surface area contributed by atoms with Crippen molar-refractivity contribution < 1.29 is 25.6 Å². The summed E-state index contributed by atoms with van der Waals surface area (Å²) in [6, 6.07) is 24.0. The molecule has 3 aromatic carbocycles. The van der Waals surface area contributed by atoms with E-state index in [1.807, 2.05) is 6.07 Å². The maximum atomic E-state index is 11.1. The number of Topliss-reactive ketones (excluding diaryl/α,β-unsaturated/α-hetero) is 1. The molecular weight excluding hydrogens is 536 g/mol. The topological polar surface area (TPSA) is 109 Å².